The molecule has 0 fully saturated rings. The summed E-state index contributed by atoms with van der Waals surface area (Å²) in [7, 11) is 2.88. The third kappa shape index (κ3) is 3.65. The number of halogens is 3. The van der Waals surface area contributed by atoms with Gasteiger partial charge in [0.15, 0.2) is 0 Å². The Hall–Kier alpha value is -1.20. The second-order valence-corrected chi connectivity index (χ2v) is 4.16. The predicted molar refractivity (Wildman–Crippen MR) is 64.5 cm³/mol. The van der Waals surface area contributed by atoms with Crippen molar-refractivity contribution in [2.45, 2.75) is 11.7 Å². The van der Waals surface area contributed by atoms with Crippen molar-refractivity contribution in [3.8, 4) is 0 Å². The van der Waals surface area contributed by atoms with E-state index in [0.717, 1.165) is 4.90 Å². The van der Waals surface area contributed by atoms with Crippen molar-refractivity contribution in [2.24, 2.45) is 0 Å². The van der Waals surface area contributed by atoms with Gasteiger partial charge in [0.05, 0.1) is 12.6 Å². The summed E-state index contributed by atoms with van der Waals surface area (Å²) in [5.41, 5.74) is -1.46. The van der Waals surface area contributed by atoms with Crippen molar-refractivity contribution in [1.82, 2.24) is 4.90 Å². The largest absolute Gasteiger partial charge is 0.382 e. The van der Waals surface area contributed by atoms with Crippen molar-refractivity contribution in [2.75, 3.05) is 20.8 Å². The molecule has 0 saturated carbocycles. The van der Waals surface area contributed by atoms with Crippen molar-refractivity contribution in [1.29, 1.82) is 0 Å². The molecule has 0 aromatic heterocycles. The van der Waals surface area contributed by atoms with Gasteiger partial charge in [-0.05, 0) is 17.7 Å². The SMILES string of the molecule is COCC(c1ccc(F)cc1)N(C)C(=O)C(F)Cl. The average molecular weight is 278 g/mol. The van der Waals surface area contributed by atoms with Crippen LogP contribution in [0.4, 0.5) is 8.78 Å². The lowest BCUT2D eigenvalue weighted by Gasteiger charge is -2.28. The molecule has 0 spiro atoms. The third-order valence-electron chi connectivity index (χ3n) is 2.58. The van der Waals surface area contributed by atoms with Crippen molar-refractivity contribution in [3.05, 3.63) is 35.6 Å². The van der Waals surface area contributed by atoms with Crippen molar-refractivity contribution >= 4 is 17.5 Å². The molecule has 2 atom stereocenters. The van der Waals surface area contributed by atoms with E-state index >= 15 is 0 Å². The van der Waals surface area contributed by atoms with Crippen LogP contribution in [0, 0.1) is 5.82 Å². The van der Waals surface area contributed by atoms with E-state index in [1.807, 2.05) is 0 Å². The molecule has 1 amide bonds. The number of carbonyl (C=O) groups is 1. The minimum Gasteiger partial charge on any atom is -0.382 e. The maximum Gasteiger partial charge on any atom is 0.273 e. The molecule has 0 saturated heterocycles. The van der Waals surface area contributed by atoms with Gasteiger partial charge in [-0.1, -0.05) is 23.7 Å². The molecule has 1 aromatic carbocycles. The van der Waals surface area contributed by atoms with E-state index in [1.165, 1.54) is 38.4 Å². The van der Waals surface area contributed by atoms with Crippen LogP contribution in [0.1, 0.15) is 11.6 Å². The molecule has 0 radical (unpaired) electrons. The highest BCUT2D eigenvalue weighted by Gasteiger charge is 2.26. The van der Waals surface area contributed by atoms with Gasteiger partial charge in [-0.25, -0.2) is 8.78 Å². The first kappa shape index (κ1) is 14.9. The highest BCUT2D eigenvalue weighted by molar-refractivity contribution is 6.29. The maximum atomic E-state index is 12.8. The topological polar surface area (TPSA) is 29.5 Å². The maximum absolute atomic E-state index is 12.8. The fraction of sp³-hybridized carbons (Fsp3) is 0.417. The quantitative estimate of drug-likeness (QED) is 0.774. The molecule has 0 aliphatic rings. The zero-order valence-electron chi connectivity index (χ0n) is 10.1. The van der Waals surface area contributed by atoms with Gasteiger partial charge in [0.1, 0.15) is 5.82 Å². The van der Waals surface area contributed by atoms with Gasteiger partial charge >= 0.3 is 0 Å². The molecule has 6 heteroatoms. The van der Waals surface area contributed by atoms with Gasteiger partial charge in [0.2, 0.25) is 0 Å². The Balaban J connectivity index is 2.94. The normalized spacial score (nSPS) is 14.1. The lowest BCUT2D eigenvalue weighted by atomic mass is 10.1. The highest BCUT2D eigenvalue weighted by Crippen LogP contribution is 2.22. The van der Waals surface area contributed by atoms with Crippen LogP contribution < -0.4 is 0 Å². The first-order chi connectivity index (χ1) is 8.47. The van der Waals surface area contributed by atoms with Crippen LogP contribution in [0.5, 0.6) is 0 Å². The van der Waals surface area contributed by atoms with E-state index in [2.05, 4.69) is 0 Å². The van der Waals surface area contributed by atoms with Gasteiger partial charge in [0, 0.05) is 14.2 Å². The second kappa shape index (κ2) is 6.66. The average Bonchev–Trinajstić information content (AvgIpc) is 2.35. The van der Waals surface area contributed by atoms with Crippen LogP contribution in [0.3, 0.4) is 0 Å². The van der Waals surface area contributed by atoms with Crippen LogP contribution in [0.25, 0.3) is 0 Å². The Morgan fingerprint density at radius 1 is 1.44 bits per heavy atom. The standard InChI is InChI=1S/C12H14ClF2NO2/c1-16(12(17)11(13)15)10(7-18-2)8-3-5-9(14)6-4-8/h3-6,10-11H,7H2,1-2H3. The van der Waals surface area contributed by atoms with E-state index in [0.29, 0.717) is 5.56 Å². The number of carbonyl (C=O) groups excluding carboxylic acids is 1. The number of hydrogen-bond acceptors (Lipinski definition) is 2. The molecule has 0 bridgehead atoms. The van der Waals surface area contributed by atoms with E-state index in [4.69, 9.17) is 16.3 Å². The van der Waals surface area contributed by atoms with Gasteiger partial charge in [-0.15, -0.1) is 0 Å². The van der Waals surface area contributed by atoms with Crippen LogP contribution in [0.15, 0.2) is 24.3 Å². The molecule has 18 heavy (non-hydrogen) atoms. The van der Waals surface area contributed by atoms with E-state index in [9.17, 15) is 13.6 Å². The molecular weight excluding hydrogens is 264 g/mol. The number of likely N-dealkylation sites (N-methyl/N-ethyl adjacent to an activating group) is 1. The zero-order chi connectivity index (χ0) is 13.7. The highest BCUT2D eigenvalue weighted by atomic mass is 35.5. The van der Waals surface area contributed by atoms with Crippen molar-refractivity contribution in [3.63, 3.8) is 0 Å². The summed E-state index contributed by atoms with van der Waals surface area (Å²) >= 11 is 5.12. The first-order valence-corrected chi connectivity index (χ1v) is 5.70. The summed E-state index contributed by atoms with van der Waals surface area (Å²) in [6, 6.07) is 5.06. The second-order valence-electron chi connectivity index (χ2n) is 3.77. The minimum atomic E-state index is -2.10. The molecule has 0 aliphatic carbocycles. The Morgan fingerprint density at radius 3 is 2.44 bits per heavy atom. The number of benzene rings is 1. The summed E-state index contributed by atoms with van der Waals surface area (Å²) in [4.78, 5) is 12.6. The summed E-state index contributed by atoms with van der Waals surface area (Å²) < 4.78 is 30.6. The molecule has 0 heterocycles. The number of alkyl halides is 2. The lowest BCUT2D eigenvalue weighted by molar-refractivity contribution is -0.135. The zero-order valence-corrected chi connectivity index (χ0v) is 10.8. The Labute approximate surface area is 109 Å². The van der Waals surface area contributed by atoms with Crippen LogP contribution in [0.2, 0.25) is 0 Å². The minimum absolute atomic E-state index is 0.164. The van der Waals surface area contributed by atoms with E-state index in [1.54, 1.807) is 0 Å². The fourth-order valence-corrected chi connectivity index (χ4v) is 1.74. The number of ether oxygens (including phenoxy) is 1. The first-order valence-electron chi connectivity index (χ1n) is 5.26. The van der Waals surface area contributed by atoms with Crippen LogP contribution in [-0.2, 0) is 9.53 Å². The summed E-state index contributed by atoms with van der Waals surface area (Å²) in [6.07, 6.45) is 0. The third-order valence-corrected chi connectivity index (χ3v) is 2.77. The number of rotatable bonds is 5. The van der Waals surface area contributed by atoms with Crippen LogP contribution >= 0.6 is 11.6 Å². The number of methoxy groups -OCH3 is 1. The lowest BCUT2D eigenvalue weighted by Crippen LogP contribution is -2.37. The summed E-state index contributed by atoms with van der Waals surface area (Å²) in [6.45, 7) is 0.164. The molecule has 0 aliphatic heterocycles. The van der Waals surface area contributed by atoms with Crippen LogP contribution in [-0.4, -0.2) is 37.2 Å². The molecule has 1 aromatic rings. The monoisotopic (exact) mass is 277 g/mol. The molecule has 1 rings (SSSR count). The fourth-order valence-electron chi connectivity index (χ4n) is 1.58. The smallest absolute Gasteiger partial charge is 0.273 e. The summed E-state index contributed by atoms with van der Waals surface area (Å²) in [5, 5.41) is 0. The molecule has 2 unspecified atom stereocenters. The Kier molecular flexibility index (Phi) is 5.50. The van der Waals surface area contributed by atoms with Gasteiger partial charge in [0.25, 0.3) is 11.5 Å². The Bertz CT molecular complexity index is 398. The van der Waals surface area contributed by atoms with E-state index < -0.39 is 17.6 Å². The number of amides is 1. The Morgan fingerprint density at radius 2 is 2.00 bits per heavy atom. The molecule has 100 valence electrons. The number of hydrogen-bond donors (Lipinski definition) is 0. The van der Waals surface area contributed by atoms with Gasteiger partial charge in [-0.2, -0.15) is 0 Å². The van der Waals surface area contributed by atoms with Gasteiger partial charge in [-0.3, -0.25) is 4.79 Å². The molecule has 3 nitrogen and oxygen atoms in total. The number of nitrogens with zero attached hydrogens (tertiary/aromatic N) is 1. The predicted octanol–water partition coefficient (Wildman–Crippen LogP) is 2.51. The van der Waals surface area contributed by atoms with E-state index in [-0.39, 0.29) is 12.4 Å². The molecular formula is C12H14ClF2NO2. The summed E-state index contributed by atoms with van der Waals surface area (Å²) in [5.74, 6) is -1.24. The molecule has 0 N–H and O–H groups in total. The van der Waals surface area contributed by atoms with Gasteiger partial charge < -0.3 is 9.64 Å². The van der Waals surface area contributed by atoms with Crippen molar-refractivity contribution < 1.29 is 18.3 Å².